The summed E-state index contributed by atoms with van der Waals surface area (Å²) in [4.78, 5) is 18.8. The highest BCUT2D eigenvalue weighted by molar-refractivity contribution is 14.0. The summed E-state index contributed by atoms with van der Waals surface area (Å²) in [5.41, 5.74) is 9.30. The van der Waals surface area contributed by atoms with E-state index in [0.717, 1.165) is 35.2 Å². The van der Waals surface area contributed by atoms with Gasteiger partial charge < -0.3 is 15.8 Å². The number of nitrogens with zero attached hydrogens (tertiary/aromatic N) is 2. The first-order valence-electron chi connectivity index (χ1n) is 9.37. The Morgan fingerprint density at radius 1 is 1.39 bits per heavy atom. The Balaban J connectivity index is 0.00000392. The van der Waals surface area contributed by atoms with E-state index in [1.54, 1.807) is 4.90 Å². The number of carbonyl (C=O) groups is 1. The summed E-state index contributed by atoms with van der Waals surface area (Å²) in [7, 11) is 0. The fourth-order valence-corrected chi connectivity index (χ4v) is 2.65. The van der Waals surface area contributed by atoms with Gasteiger partial charge in [-0.2, -0.15) is 0 Å². The van der Waals surface area contributed by atoms with Crippen molar-refractivity contribution in [1.29, 1.82) is 0 Å². The molecular weight excluding hydrogens is 467 g/mol. The van der Waals surface area contributed by atoms with Gasteiger partial charge in [0.1, 0.15) is 5.60 Å². The molecule has 6 nitrogen and oxygen atoms in total. The molecule has 0 spiro atoms. The predicted molar refractivity (Wildman–Crippen MR) is 126 cm³/mol. The molecule has 28 heavy (non-hydrogen) atoms. The minimum Gasteiger partial charge on any atom is -0.443 e. The number of aryl methyl sites for hydroxylation is 1. The number of guanidine groups is 1. The molecule has 0 atom stereocenters. The molecule has 1 amide bonds. The molecule has 3 N–H and O–H groups in total. The molecular formula is C21H33IN4O2. The lowest BCUT2D eigenvalue weighted by Gasteiger charge is -2.28. The zero-order valence-electron chi connectivity index (χ0n) is 17.5. The van der Waals surface area contributed by atoms with Crippen molar-refractivity contribution in [2.45, 2.75) is 65.6 Å². The molecule has 2 rings (SSSR count). The molecule has 0 heterocycles. The van der Waals surface area contributed by atoms with E-state index in [-0.39, 0.29) is 36.1 Å². The third-order valence-corrected chi connectivity index (χ3v) is 4.03. The Morgan fingerprint density at radius 3 is 2.54 bits per heavy atom. The second-order valence-corrected chi connectivity index (χ2v) is 8.21. The van der Waals surface area contributed by atoms with E-state index in [4.69, 9.17) is 10.5 Å². The molecule has 0 saturated heterocycles. The van der Waals surface area contributed by atoms with E-state index >= 15 is 0 Å². The van der Waals surface area contributed by atoms with Crippen molar-refractivity contribution in [3.8, 4) is 0 Å². The van der Waals surface area contributed by atoms with Crippen LogP contribution in [0.2, 0.25) is 0 Å². The second-order valence-electron chi connectivity index (χ2n) is 8.21. The lowest BCUT2D eigenvalue weighted by Crippen LogP contribution is -2.38. The molecule has 0 aromatic heterocycles. The molecule has 1 fully saturated rings. The van der Waals surface area contributed by atoms with Gasteiger partial charge in [-0.05, 0) is 64.7 Å². The summed E-state index contributed by atoms with van der Waals surface area (Å²) >= 11 is 0. The number of ether oxygens (including phenoxy) is 1. The third kappa shape index (κ3) is 7.69. The Bertz CT molecular complexity index is 736. The number of benzene rings is 1. The molecule has 0 unspecified atom stereocenters. The van der Waals surface area contributed by atoms with Gasteiger partial charge in [0.15, 0.2) is 5.96 Å². The number of carbonyl (C=O) groups excluding carboxylic acids is 1. The van der Waals surface area contributed by atoms with Crippen LogP contribution in [-0.2, 0) is 11.3 Å². The molecule has 1 aromatic carbocycles. The maximum atomic E-state index is 12.7. The summed E-state index contributed by atoms with van der Waals surface area (Å²) in [6.07, 6.45) is 1.73. The number of amides is 1. The summed E-state index contributed by atoms with van der Waals surface area (Å²) in [5.74, 6) is 0.396. The molecule has 7 heteroatoms. The van der Waals surface area contributed by atoms with Crippen LogP contribution >= 0.6 is 24.0 Å². The zero-order valence-corrected chi connectivity index (χ0v) is 19.9. The molecule has 156 valence electrons. The molecule has 1 aliphatic carbocycles. The summed E-state index contributed by atoms with van der Waals surface area (Å²) in [6.45, 7) is 14.5. The molecule has 0 aliphatic heterocycles. The number of hydrogen-bond acceptors (Lipinski definition) is 3. The van der Waals surface area contributed by atoms with Gasteiger partial charge in [0, 0.05) is 12.6 Å². The SMILES string of the molecule is C=C(C)CNC(N)=NCc1ccc(N(C(=O)OC(C)(C)C)C2CC2)c(C)c1.I. The molecule has 1 aliphatic rings. The van der Waals surface area contributed by atoms with Crippen LogP contribution in [0.5, 0.6) is 0 Å². The summed E-state index contributed by atoms with van der Waals surface area (Å²) in [5, 5.41) is 3.02. The van der Waals surface area contributed by atoms with E-state index in [0.29, 0.717) is 19.0 Å². The maximum absolute atomic E-state index is 12.7. The van der Waals surface area contributed by atoms with Crippen molar-refractivity contribution in [2.24, 2.45) is 10.7 Å². The number of hydrogen-bond donors (Lipinski definition) is 2. The highest BCUT2D eigenvalue weighted by Crippen LogP contribution is 2.35. The van der Waals surface area contributed by atoms with Gasteiger partial charge in [-0.15, -0.1) is 24.0 Å². The number of nitrogens with two attached hydrogens (primary N) is 1. The van der Waals surface area contributed by atoms with Crippen molar-refractivity contribution in [3.05, 3.63) is 41.5 Å². The van der Waals surface area contributed by atoms with Gasteiger partial charge >= 0.3 is 6.09 Å². The fraction of sp³-hybridized carbons (Fsp3) is 0.524. The number of nitrogens with one attached hydrogen (secondary N) is 1. The Kier molecular flexibility index (Phi) is 8.78. The fourth-order valence-electron chi connectivity index (χ4n) is 2.65. The van der Waals surface area contributed by atoms with Crippen molar-refractivity contribution >= 4 is 41.7 Å². The summed E-state index contributed by atoms with van der Waals surface area (Å²) in [6, 6.07) is 6.23. The first kappa shape index (κ1) is 24.3. The van der Waals surface area contributed by atoms with Crippen molar-refractivity contribution in [1.82, 2.24) is 5.32 Å². The van der Waals surface area contributed by atoms with Crippen LogP contribution in [0.15, 0.2) is 35.3 Å². The van der Waals surface area contributed by atoms with Gasteiger partial charge in [-0.1, -0.05) is 24.3 Å². The maximum Gasteiger partial charge on any atom is 0.415 e. The monoisotopic (exact) mass is 500 g/mol. The average molecular weight is 500 g/mol. The number of aliphatic imine (C=N–C) groups is 1. The largest absolute Gasteiger partial charge is 0.443 e. The van der Waals surface area contributed by atoms with Gasteiger partial charge in [-0.25, -0.2) is 9.79 Å². The normalized spacial score (nSPS) is 14.1. The third-order valence-electron chi connectivity index (χ3n) is 4.03. The van der Waals surface area contributed by atoms with Crippen LogP contribution < -0.4 is 16.0 Å². The van der Waals surface area contributed by atoms with Crippen LogP contribution in [-0.4, -0.2) is 30.2 Å². The Hall–Kier alpha value is -1.77. The van der Waals surface area contributed by atoms with Crippen LogP contribution in [0.25, 0.3) is 0 Å². The highest BCUT2D eigenvalue weighted by Gasteiger charge is 2.37. The van der Waals surface area contributed by atoms with Gasteiger partial charge in [0.2, 0.25) is 0 Å². The molecule has 0 radical (unpaired) electrons. The second kappa shape index (κ2) is 10.1. The lowest BCUT2D eigenvalue weighted by molar-refractivity contribution is 0.0577. The van der Waals surface area contributed by atoms with Crippen LogP contribution in [0.4, 0.5) is 10.5 Å². The number of halogens is 1. The first-order valence-corrected chi connectivity index (χ1v) is 9.37. The van der Waals surface area contributed by atoms with Crippen molar-refractivity contribution in [3.63, 3.8) is 0 Å². The quantitative estimate of drug-likeness (QED) is 0.261. The van der Waals surface area contributed by atoms with Crippen LogP contribution in [0.3, 0.4) is 0 Å². The molecule has 0 bridgehead atoms. The average Bonchev–Trinajstić information content (AvgIpc) is 3.36. The molecule has 1 saturated carbocycles. The van der Waals surface area contributed by atoms with Crippen LogP contribution in [0.1, 0.15) is 51.7 Å². The molecule has 1 aromatic rings. The van der Waals surface area contributed by atoms with E-state index in [1.165, 1.54) is 0 Å². The Labute approximate surface area is 185 Å². The lowest BCUT2D eigenvalue weighted by atomic mass is 10.1. The van der Waals surface area contributed by atoms with E-state index in [9.17, 15) is 4.79 Å². The van der Waals surface area contributed by atoms with E-state index in [2.05, 4.69) is 16.9 Å². The minimum atomic E-state index is -0.513. The number of anilines is 1. The van der Waals surface area contributed by atoms with Gasteiger partial charge in [0.05, 0.1) is 12.2 Å². The zero-order chi connectivity index (χ0) is 20.2. The highest BCUT2D eigenvalue weighted by atomic mass is 127. The summed E-state index contributed by atoms with van der Waals surface area (Å²) < 4.78 is 5.60. The predicted octanol–water partition coefficient (Wildman–Crippen LogP) is 4.50. The number of rotatable bonds is 6. The Morgan fingerprint density at radius 2 is 2.04 bits per heavy atom. The van der Waals surface area contributed by atoms with E-state index in [1.807, 2.05) is 52.8 Å². The smallest absolute Gasteiger partial charge is 0.415 e. The topological polar surface area (TPSA) is 80.0 Å². The van der Waals surface area contributed by atoms with Crippen molar-refractivity contribution in [2.75, 3.05) is 11.4 Å². The minimum absolute atomic E-state index is 0. The van der Waals surface area contributed by atoms with Crippen molar-refractivity contribution < 1.29 is 9.53 Å². The first-order chi connectivity index (χ1) is 12.6. The van der Waals surface area contributed by atoms with Crippen LogP contribution in [0, 0.1) is 6.92 Å². The van der Waals surface area contributed by atoms with Gasteiger partial charge in [-0.3, -0.25) is 4.90 Å². The van der Waals surface area contributed by atoms with Gasteiger partial charge in [0.25, 0.3) is 0 Å². The standard InChI is InChI=1S/C21H32N4O2.HI/c1-14(2)12-23-19(22)24-13-16-7-10-18(15(3)11-16)25(17-8-9-17)20(26)27-21(4,5)6;/h7,10-11,17H,1,8-9,12-13H2,2-6H3,(H3,22,23,24);1H. The van der Waals surface area contributed by atoms with E-state index < -0.39 is 5.60 Å².